The van der Waals surface area contributed by atoms with Gasteiger partial charge >= 0.3 is 6.18 Å². The van der Waals surface area contributed by atoms with Crippen LogP contribution in [0.2, 0.25) is 0 Å². The van der Waals surface area contributed by atoms with E-state index in [1.54, 1.807) is 0 Å². The van der Waals surface area contributed by atoms with Crippen LogP contribution in [-0.2, 0) is 6.18 Å². The Bertz CT molecular complexity index is 527. The number of rotatable bonds is 2. The molecule has 2 nitrogen and oxygen atoms in total. The number of benzene rings is 1. The first-order valence-corrected chi connectivity index (χ1v) is 4.63. The van der Waals surface area contributed by atoms with Crippen molar-refractivity contribution in [2.75, 3.05) is 0 Å². The molecule has 7 heteroatoms. The fourth-order valence-corrected chi connectivity index (χ4v) is 1.54. The van der Waals surface area contributed by atoms with Crippen molar-refractivity contribution in [2.24, 2.45) is 0 Å². The van der Waals surface area contributed by atoms with Crippen molar-refractivity contribution in [1.29, 1.82) is 5.26 Å². The Balaban J connectivity index is 3.79. The van der Waals surface area contributed by atoms with Crippen LogP contribution in [0.4, 0.5) is 22.0 Å². The molecule has 18 heavy (non-hydrogen) atoms. The van der Waals surface area contributed by atoms with E-state index in [2.05, 4.69) is 0 Å². The van der Waals surface area contributed by atoms with Crippen LogP contribution in [0.1, 0.15) is 40.4 Å². The zero-order chi connectivity index (χ0) is 14.1. The van der Waals surface area contributed by atoms with E-state index in [0.717, 1.165) is 19.1 Å². The number of nitrogens with zero attached hydrogens (tertiary/aromatic N) is 1. The van der Waals surface area contributed by atoms with Crippen molar-refractivity contribution in [2.45, 2.75) is 19.5 Å². The lowest BCUT2D eigenvalue weighted by Gasteiger charge is -2.16. The van der Waals surface area contributed by atoms with Gasteiger partial charge in [-0.25, -0.2) is 8.78 Å². The fraction of sp³-hybridized carbons (Fsp3) is 0.273. The molecular formula is C11H6F5NO. The molecule has 0 saturated carbocycles. The third-order valence-electron chi connectivity index (χ3n) is 2.25. The van der Waals surface area contributed by atoms with Gasteiger partial charge in [-0.1, -0.05) is 0 Å². The Morgan fingerprint density at radius 3 is 2.22 bits per heavy atom. The minimum Gasteiger partial charge on any atom is -0.294 e. The van der Waals surface area contributed by atoms with Gasteiger partial charge in [-0.05, 0) is 19.1 Å². The molecule has 1 aromatic rings. The number of halogens is 5. The predicted molar refractivity (Wildman–Crippen MR) is 51.1 cm³/mol. The maximum Gasteiger partial charge on any atom is 0.417 e. The first kappa shape index (κ1) is 14.1. The van der Waals surface area contributed by atoms with E-state index in [-0.39, 0.29) is 0 Å². The fourth-order valence-electron chi connectivity index (χ4n) is 1.54. The average molecular weight is 263 g/mol. The van der Waals surface area contributed by atoms with E-state index in [0.29, 0.717) is 0 Å². The molecule has 0 heterocycles. The summed E-state index contributed by atoms with van der Waals surface area (Å²) in [5.74, 6) is -0.992. The summed E-state index contributed by atoms with van der Waals surface area (Å²) < 4.78 is 63.6. The molecule has 0 aliphatic rings. The lowest BCUT2D eigenvalue weighted by Crippen LogP contribution is -2.16. The van der Waals surface area contributed by atoms with Crippen molar-refractivity contribution in [1.82, 2.24) is 0 Å². The van der Waals surface area contributed by atoms with Gasteiger partial charge < -0.3 is 0 Å². The molecule has 96 valence electrons. The first-order valence-electron chi connectivity index (χ1n) is 4.63. The molecule has 0 aliphatic carbocycles. The molecule has 1 rings (SSSR count). The minimum atomic E-state index is -5.13. The molecule has 0 amide bonds. The summed E-state index contributed by atoms with van der Waals surface area (Å²) in [6.07, 6.45) is -8.62. The number of alkyl halides is 5. The first-order chi connectivity index (χ1) is 8.20. The molecule has 0 saturated heterocycles. The van der Waals surface area contributed by atoms with Crippen LogP contribution in [0.5, 0.6) is 0 Å². The highest BCUT2D eigenvalue weighted by Crippen LogP contribution is 2.40. The van der Waals surface area contributed by atoms with Gasteiger partial charge in [0.05, 0.1) is 17.2 Å². The molecule has 0 aliphatic heterocycles. The topological polar surface area (TPSA) is 40.9 Å². The molecule has 0 bridgehead atoms. The molecule has 0 atom stereocenters. The van der Waals surface area contributed by atoms with Crippen molar-refractivity contribution in [3.05, 3.63) is 34.4 Å². The van der Waals surface area contributed by atoms with Gasteiger partial charge in [-0.3, -0.25) is 4.79 Å². The number of ketones is 1. The quantitative estimate of drug-likeness (QED) is 0.602. The molecule has 1 aromatic carbocycles. The highest BCUT2D eigenvalue weighted by atomic mass is 19.4. The molecular weight excluding hydrogens is 257 g/mol. The largest absolute Gasteiger partial charge is 0.417 e. The van der Waals surface area contributed by atoms with Crippen molar-refractivity contribution < 1.29 is 26.7 Å². The lowest BCUT2D eigenvalue weighted by atomic mass is 9.94. The second-order valence-corrected chi connectivity index (χ2v) is 3.42. The SMILES string of the molecule is CC(=O)c1ccc(C#N)c(C(F)F)c1C(F)(F)F. The number of nitriles is 1. The van der Waals surface area contributed by atoms with E-state index in [1.165, 1.54) is 6.07 Å². The molecule has 0 aromatic heterocycles. The monoisotopic (exact) mass is 263 g/mol. The summed E-state index contributed by atoms with van der Waals surface area (Å²) in [4.78, 5) is 11.1. The van der Waals surface area contributed by atoms with Crippen molar-refractivity contribution in [3.63, 3.8) is 0 Å². The van der Waals surface area contributed by atoms with Crippen LogP contribution in [0.3, 0.4) is 0 Å². The second kappa shape index (κ2) is 4.72. The third-order valence-corrected chi connectivity index (χ3v) is 2.25. The smallest absolute Gasteiger partial charge is 0.294 e. The molecule has 0 unspecified atom stereocenters. The summed E-state index contributed by atoms with van der Waals surface area (Å²) in [5.41, 5.74) is -4.83. The summed E-state index contributed by atoms with van der Waals surface area (Å²) >= 11 is 0. The van der Waals surface area contributed by atoms with Gasteiger partial charge in [0.25, 0.3) is 6.43 Å². The van der Waals surface area contributed by atoms with E-state index < -0.39 is 40.6 Å². The van der Waals surface area contributed by atoms with E-state index in [4.69, 9.17) is 5.26 Å². The zero-order valence-corrected chi connectivity index (χ0v) is 8.98. The Kier molecular flexibility index (Phi) is 3.70. The summed E-state index contributed by atoms with van der Waals surface area (Å²) in [6, 6.07) is 2.78. The number of Topliss-reactive ketones (excluding diaryl/α,β-unsaturated/α-hetero) is 1. The summed E-state index contributed by atoms with van der Waals surface area (Å²) in [6.45, 7) is 0.839. The van der Waals surface area contributed by atoms with Gasteiger partial charge in [-0.2, -0.15) is 18.4 Å². The number of carbonyl (C=O) groups is 1. The Morgan fingerprint density at radius 1 is 1.33 bits per heavy atom. The van der Waals surface area contributed by atoms with Crippen molar-refractivity contribution in [3.8, 4) is 6.07 Å². The molecule has 0 N–H and O–H groups in total. The van der Waals surface area contributed by atoms with Crippen LogP contribution < -0.4 is 0 Å². The van der Waals surface area contributed by atoms with Gasteiger partial charge in [0, 0.05) is 11.1 Å². The van der Waals surface area contributed by atoms with Crippen LogP contribution in [0.15, 0.2) is 12.1 Å². The highest BCUT2D eigenvalue weighted by Gasteiger charge is 2.40. The zero-order valence-electron chi connectivity index (χ0n) is 8.98. The van der Waals surface area contributed by atoms with Gasteiger partial charge in [0.15, 0.2) is 5.78 Å². The lowest BCUT2D eigenvalue weighted by molar-refractivity contribution is -0.139. The van der Waals surface area contributed by atoms with Gasteiger partial charge in [-0.15, -0.1) is 0 Å². The molecule has 0 fully saturated rings. The minimum absolute atomic E-state index is 0.732. The highest BCUT2D eigenvalue weighted by molar-refractivity contribution is 5.96. The predicted octanol–water partition coefficient (Wildman–Crippen LogP) is 3.72. The maximum absolute atomic E-state index is 12.8. The summed E-state index contributed by atoms with van der Waals surface area (Å²) in [5, 5.41) is 8.55. The van der Waals surface area contributed by atoms with Gasteiger partial charge in [0.1, 0.15) is 0 Å². The second-order valence-electron chi connectivity index (χ2n) is 3.42. The average Bonchev–Trinajstić information content (AvgIpc) is 2.25. The number of carbonyl (C=O) groups excluding carboxylic acids is 1. The number of hydrogen-bond donors (Lipinski definition) is 0. The van der Waals surface area contributed by atoms with E-state index in [1.807, 2.05) is 0 Å². The van der Waals surface area contributed by atoms with E-state index in [9.17, 15) is 26.7 Å². The Labute approximate surface area is 98.6 Å². The van der Waals surface area contributed by atoms with E-state index >= 15 is 0 Å². The van der Waals surface area contributed by atoms with Crippen molar-refractivity contribution >= 4 is 5.78 Å². The van der Waals surface area contributed by atoms with Crippen LogP contribution in [-0.4, -0.2) is 5.78 Å². The van der Waals surface area contributed by atoms with Crippen LogP contribution in [0.25, 0.3) is 0 Å². The summed E-state index contributed by atoms with van der Waals surface area (Å²) in [7, 11) is 0. The molecule has 0 spiro atoms. The number of hydrogen-bond acceptors (Lipinski definition) is 2. The normalized spacial score (nSPS) is 11.4. The Hall–Kier alpha value is -1.97. The van der Waals surface area contributed by atoms with Gasteiger partial charge in [0.2, 0.25) is 0 Å². The van der Waals surface area contributed by atoms with Crippen LogP contribution >= 0.6 is 0 Å². The maximum atomic E-state index is 12.8. The van der Waals surface area contributed by atoms with Crippen LogP contribution in [0, 0.1) is 11.3 Å². The standard InChI is InChI=1S/C11H6F5NO/c1-5(18)7-3-2-6(4-17)8(10(12)13)9(7)11(14,15)16/h2-3,10H,1H3. The molecule has 0 radical (unpaired) electrons. The third kappa shape index (κ3) is 2.47. The Morgan fingerprint density at radius 2 is 1.89 bits per heavy atom.